The lowest BCUT2D eigenvalue weighted by Crippen LogP contribution is -2.42. The van der Waals surface area contributed by atoms with Gasteiger partial charge in [-0.25, -0.2) is 14.3 Å². The number of hydrogen-bond acceptors (Lipinski definition) is 5. The molecular formula is C23H23FN4O2S. The number of anilines is 1. The predicted molar refractivity (Wildman–Crippen MR) is 122 cm³/mol. The predicted octanol–water partition coefficient (Wildman–Crippen LogP) is 4.73. The fraction of sp³-hybridized carbons (Fsp3) is 0.304. The molecular weight excluding hydrogens is 415 g/mol. The van der Waals surface area contributed by atoms with E-state index in [4.69, 9.17) is 0 Å². The number of amidine groups is 2. The van der Waals surface area contributed by atoms with Crippen molar-refractivity contribution in [1.82, 2.24) is 4.90 Å². The van der Waals surface area contributed by atoms with Gasteiger partial charge in [-0.1, -0.05) is 56.3 Å². The number of rotatable bonds is 6. The molecule has 0 spiro atoms. The summed E-state index contributed by atoms with van der Waals surface area (Å²) < 4.78 is 14.0. The third-order valence-corrected chi connectivity index (χ3v) is 6.47. The molecule has 0 saturated heterocycles. The maximum Gasteiger partial charge on any atom is 0.259 e. The number of thioether (sulfide) groups is 1. The van der Waals surface area contributed by atoms with E-state index in [0.717, 1.165) is 12.0 Å². The number of fused-ring (bicyclic) bond motifs is 3. The molecule has 0 saturated carbocycles. The van der Waals surface area contributed by atoms with Gasteiger partial charge in [0.25, 0.3) is 5.91 Å². The number of nitrogens with zero attached hydrogens (tertiary/aromatic N) is 3. The standard InChI is InChI=1S/C23H23FN4O2S/c1-3-9-18-22(30)28-20(25-18)14-10-5-7-12-16(14)27-23(28)31-19(4-2)21(29)26-17-13-8-6-11-15(17)24/h5-8,10-13,18-19H,3-4,9H2,1-2H3,(H,26,29)/t18-,19+/m0/s1. The SMILES string of the molecule is CCC[C@@H]1N=C2c3ccccc3N=C(S[C@H](CC)C(=O)Nc3ccccc3F)N2C1=O. The van der Waals surface area contributed by atoms with E-state index in [2.05, 4.69) is 15.3 Å². The van der Waals surface area contributed by atoms with Gasteiger partial charge in [-0.15, -0.1) is 0 Å². The van der Waals surface area contributed by atoms with Crippen LogP contribution in [0, 0.1) is 5.82 Å². The normalized spacial score (nSPS) is 18.1. The molecule has 6 nitrogen and oxygen atoms in total. The van der Waals surface area contributed by atoms with Crippen molar-refractivity contribution in [3.63, 3.8) is 0 Å². The van der Waals surface area contributed by atoms with Crippen LogP contribution in [-0.4, -0.2) is 39.0 Å². The lowest BCUT2D eigenvalue weighted by molar-refractivity contribution is -0.124. The number of halogens is 1. The first-order chi connectivity index (χ1) is 15.0. The molecule has 0 unspecified atom stereocenters. The van der Waals surface area contributed by atoms with Gasteiger partial charge in [0.1, 0.15) is 17.7 Å². The number of hydrogen-bond donors (Lipinski definition) is 1. The first-order valence-electron chi connectivity index (χ1n) is 10.3. The van der Waals surface area contributed by atoms with Crippen molar-refractivity contribution in [3.05, 3.63) is 59.9 Å². The maximum atomic E-state index is 14.0. The molecule has 2 aromatic rings. The van der Waals surface area contributed by atoms with E-state index in [1.165, 1.54) is 28.8 Å². The fourth-order valence-electron chi connectivity index (χ4n) is 3.57. The highest BCUT2D eigenvalue weighted by Crippen LogP contribution is 2.36. The van der Waals surface area contributed by atoms with Crippen LogP contribution >= 0.6 is 11.8 Å². The van der Waals surface area contributed by atoms with Gasteiger partial charge in [-0.05, 0) is 37.1 Å². The Morgan fingerprint density at radius 3 is 2.68 bits per heavy atom. The number of carbonyl (C=O) groups is 2. The number of carbonyl (C=O) groups excluding carboxylic acids is 2. The Labute approximate surface area is 184 Å². The molecule has 0 aliphatic carbocycles. The quantitative estimate of drug-likeness (QED) is 0.708. The molecule has 2 aliphatic rings. The average Bonchev–Trinajstić information content (AvgIpc) is 3.10. The molecule has 8 heteroatoms. The van der Waals surface area contributed by atoms with Gasteiger partial charge in [0.2, 0.25) is 5.91 Å². The van der Waals surface area contributed by atoms with Gasteiger partial charge < -0.3 is 5.32 Å². The Hall–Kier alpha value is -3.00. The van der Waals surface area contributed by atoms with E-state index >= 15 is 0 Å². The molecule has 2 heterocycles. The Bertz CT molecular complexity index is 1080. The Balaban J connectivity index is 1.62. The first-order valence-corrected chi connectivity index (χ1v) is 11.2. The zero-order valence-corrected chi connectivity index (χ0v) is 18.2. The van der Waals surface area contributed by atoms with Crippen molar-refractivity contribution >= 4 is 46.0 Å². The summed E-state index contributed by atoms with van der Waals surface area (Å²) in [5.41, 5.74) is 1.65. The lowest BCUT2D eigenvalue weighted by atomic mass is 10.1. The van der Waals surface area contributed by atoms with Crippen molar-refractivity contribution in [3.8, 4) is 0 Å². The summed E-state index contributed by atoms with van der Waals surface area (Å²) in [6.07, 6.45) is 1.98. The Morgan fingerprint density at radius 2 is 1.94 bits per heavy atom. The second kappa shape index (κ2) is 9.01. The number of aliphatic imine (C=N–C) groups is 2. The summed E-state index contributed by atoms with van der Waals surface area (Å²) in [4.78, 5) is 36.9. The smallest absolute Gasteiger partial charge is 0.259 e. The van der Waals surface area contributed by atoms with Crippen LogP contribution in [0.25, 0.3) is 0 Å². The molecule has 2 aromatic carbocycles. The van der Waals surface area contributed by atoms with Gasteiger partial charge in [0, 0.05) is 5.56 Å². The van der Waals surface area contributed by atoms with Crippen LogP contribution in [-0.2, 0) is 9.59 Å². The molecule has 2 atom stereocenters. The minimum Gasteiger partial charge on any atom is -0.323 e. The number of nitrogens with one attached hydrogen (secondary N) is 1. The van der Waals surface area contributed by atoms with Crippen molar-refractivity contribution in [2.75, 3.05) is 5.32 Å². The molecule has 0 fully saturated rings. The molecule has 160 valence electrons. The zero-order valence-electron chi connectivity index (χ0n) is 17.3. The van der Waals surface area contributed by atoms with Crippen LogP contribution < -0.4 is 5.32 Å². The third kappa shape index (κ3) is 4.12. The van der Waals surface area contributed by atoms with Crippen molar-refractivity contribution in [2.45, 2.75) is 44.4 Å². The highest BCUT2D eigenvalue weighted by Gasteiger charge is 2.42. The first kappa shape index (κ1) is 21.2. The second-order valence-corrected chi connectivity index (χ2v) is 8.50. The van der Waals surface area contributed by atoms with Crippen molar-refractivity contribution in [1.29, 1.82) is 0 Å². The van der Waals surface area contributed by atoms with Gasteiger partial charge in [0.15, 0.2) is 5.17 Å². The number of benzene rings is 2. The van der Waals surface area contributed by atoms with Crippen LogP contribution in [0.5, 0.6) is 0 Å². The summed E-state index contributed by atoms with van der Waals surface area (Å²) in [6, 6.07) is 13.1. The van der Waals surface area contributed by atoms with Crippen LogP contribution in [0.3, 0.4) is 0 Å². The average molecular weight is 439 g/mol. The van der Waals surface area contributed by atoms with E-state index in [1.807, 2.05) is 38.1 Å². The highest BCUT2D eigenvalue weighted by molar-refractivity contribution is 8.15. The number of para-hydroxylation sites is 2. The molecule has 2 amide bonds. The largest absolute Gasteiger partial charge is 0.323 e. The van der Waals surface area contributed by atoms with E-state index in [0.29, 0.717) is 29.5 Å². The Kier molecular flexibility index (Phi) is 6.18. The van der Waals surface area contributed by atoms with Gasteiger partial charge in [0.05, 0.1) is 16.6 Å². The van der Waals surface area contributed by atoms with Crippen LogP contribution in [0.2, 0.25) is 0 Å². The molecule has 2 aliphatic heterocycles. The third-order valence-electron chi connectivity index (χ3n) is 5.15. The minimum atomic E-state index is -0.553. The molecule has 4 rings (SSSR count). The monoisotopic (exact) mass is 438 g/mol. The summed E-state index contributed by atoms with van der Waals surface area (Å²) in [7, 11) is 0. The molecule has 31 heavy (non-hydrogen) atoms. The molecule has 1 N–H and O–H groups in total. The summed E-state index contributed by atoms with van der Waals surface area (Å²) in [6.45, 7) is 3.89. The number of amides is 2. The molecule has 0 radical (unpaired) electrons. The zero-order chi connectivity index (χ0) is 22.0. The molecule has 0 aromatic heterocycles. The topological polar surface area (TPSA) is 74.1 Å². The van der Waals surface area contributed by atoms with E-state index in [-0.39, 0.29) is 17.5 Å². The summed E-state index contributed by atoms with van der Waals surface area (Å²) in [5.74, 6) is -0.372. The van der Waals surface area contributed by atoms with Crippen LogP contribution in [0.15, 0.2) is 58.5 Å². The van der Waals surface area contributed by atoms with Gasteiger partial charge in [-0.2, -0.15) is 0 Å². The van der Waals surface area contributed by atoms with Crippen LogP contribution in [0.4, 0.5) is 15.8 Å². The lowest BCUT2D eigenvalue weighted by Gasteiger charge is -2.27. The van der Waals surface area contributed by atoms with Crippen molar-refractivity contribution in [2.24, 2.45) is 9.98 Å². The van der Waals surface area contributed by atoms with E-state index < -0.39 is 17.1 Å². The van der Waals surface area contributed by atoms with Gasteiger partial charge in [-0.3, -0.25) is 14.6 Å². The fourth-order valence-corrected chi connectivity index (χ4v) is 4.59. The summed E-state index contributed by atoms with van der Waals surface area (Å²) in [5, 5.41) is 2.52. The Morgan fingerprint density at radius 1 is 1.19 bits per heavy atom. The van der Waals surface area contributed by atoms with Gasteiger partial charge >= 0.3 is 0 Å². The summed E-state index contributed by atoms with van der Waals surface area (Å²) >= 11 is 1.20. The molecule has 0 bridgehead atoms. The second-order valence-electron chi connectivity index (χ2n) is 7.33. The highest BCUT2D eigenvalue weighted by atomic mass is 32.2. The minimum absolute atomic E-state index is 0.123. The van der Waals surface area contributed by atoms with Crippen LogP contribution in [0.1, 0.15) is 38.7 Å². The van der Waals surface area contributed by atoms with Crippen molar-refractivity contribution < 1.29 is 14.0 Å². The van der Waals surface area contributed by atoms with E-state index in [9.17, 15) is 14.0 Å². The van der Waals surface area contributed by atoms with E-state index in [1.54, 1.807) is 12.1 Å². The maximum absolute atomic E-state index is 14.0.